The van der Waals surface area contributed by atoms with Crippen molar-refractivity contribution in [3.63, 3.8) is 0 Å². The Hall–Kier alpha value is -4.42. The lowest BCUT2D eigenvalue weighted by Gasteiger charge is -2.14. The Kier molecular flexibility index (Phi) is 7.11. The Morgan fingerprint density at radius 3 is 2.29 bits per heavy atom. The van der Waals surface area contributed by atoms with E-state index in [1.54, 1.807) is 29.5 Å². The van der Waals surface area contributed by atoms with Crippen LogP contribution < -0.4 is 20.5 Å². The highest BCUT2D eigenvalue weighted by atomic mass is 19.4. The smallest absolute Gasteiger partial charge is 0.456 e. The lowest BCUT2D eigenvalue weighted by molar-refractivity contribution is -0.274. The van der Waals surface area contributed by atoms with Crippen LogP contribution in [0.3, 0.4) is 0 Å². The third kappa shape index (κ3) is 6.47. The van der Waals surface area contributed by atoms with Crippen LogP contribution in [0.25, 0.3) is 16.9 Å². The van der Waals surface area contributed by atoms with Gasteiger partial charge in [0.25, 0.3) is 0 Å². The molecule has 0 fully saturated rings. The van der Waals surface area contributed by atoms with Gasteiger partial charge in [0.05, 0.1) is 30.2 Å². The fourth-order valence-electron chi connectivity index (χ4n) is 3.75. The summed E-state index contributed by atoms with van der Waals surface area (Å²) in [6.45, 7) is 1.28. The maximum absolute atomic E-state index is 12.7. The lowest BCUT2D eigenvalue weighted by Crippen LogP contribution is -2.16. The number of halogens is 6. The first kappa shape index (κ1) is 26.6. The molecule has 2 aromatic heterocycles. The molecule has 38 heavy (non-hydrogen) atoms. The number of alkyl halides is 6. The standard InChI is InChI=1S/C25H20F6N4O3/c1-14-10-15(2-7-19(14)22(32)36)21-12-34-23-20(33-9-8-24(26,27)28)11-18(13-35(21)23)37-16-3-5-17(6-4-16)38-25(29,30)31/h2-7,10-13,33H,8-9H2,1H3,(H2,32,36). The predicted octanol–water partition coefficient (Wildman–Crippen LogP) is 6.46. The molecule has 0 unspecified atom stereocenters. The van der Waals surface area contributed by atoms with E-state index in [1.165, 1.54) is 30.6 Å². The van der Waals surface area contributed by atoms with Crippen molar-refractivity contribution < 1.29 is 40.6 Å². The number of pyridine rings is 1. The number of imidazole rings is 1. The second kappa shape index (κ2) is 10.1. The largest absolute Gasteiger partial charge is 0.573 e. The van der Waals surface area contributed by atoms with E-state index in [0.29, 0.717) is 28.0 Å². The van der Waals surface area contributed by atoms with Gasteiger partial charge in [-0.3, -0.25) is 9.20 Å². The van der Waals surface area contributed by atoms with Crippen LogP contribution in [-0.4, -0.2) is 34.4 Å². The summed E-state index contributed by atoms with van der Waals surface area (Å²) in [6.07, 6.45) is -7.28. The zero-order chi connectivity index (χ0) is 27.7. The number of hydrogen-bond donors (Lipinski definition) is 2. The van der Waals surface area contributed by atoms with Crippen LogP contribution in [0.2, 0.25) is 0 Å². The van der Waals surface area contributed by atoms with Crippen molar-refractivity contribution in [3.8, 4) is 28.5 Å². The van der Waals surface area contributed by atoms with E-state index in [0.717, 1.165) is 12.1 Å². The molecule has 3 N–H and O–H groups in total. The maximum Gasteiger partial charge on any atom is 0.573 e. The molecule has 2 aromatic carbocycles. The highest BCUT2D eigenvalue weighted by Gasteiger charge is 2.31. The van der Waals surface area contributed by atoms with Crippen molar-refractivity contribution in [2.45, 2.75) is 25.9 Å². The topological polar surface area (TPSA) is 90.9 Å². The quantitative estimate of drug-likeness (QED) is 0.251. The zero-order valence-corrected chi connectivity index (χ0v) is 19.7. The Morgan fingerprint density at radius 2 is 1.68 bits per heavy atom. The number of primary amides is 1. The van der Waals surface area contributed by atoms with Gasteiger partial charge in [-0.25, -0.2) is 4.98 Å². The van der Waals surface area contributed by atoms with Crippen LogP contribution in [0, 0.1) is 6.92 Å². The minimum absolute atomic E-state index is 0.156. The van der Waals surface area contributed by atoms with Gasteiger partial charge in [-0.05, 0) is 48.9 Å². The number of hydrogen-bond acceptors (Lipinski definition) is 5. The van der Waals surface area contributed by atoms with Crippen LogP contribution in [0.15, 0.2) is 60.9 Å². The Bertz CT molecular complexity index is 1460. The molecule has 0 radical (unpaired) electrons. The lowest BCUT2D eigenvalue weighted by atomic mass is 10.0. The normalized spacial score (nSPS) is 12.0. The van der Waals surface area contributed by atoms with Crippen molar-refractivity contribution in [1.82, 2.24) is 9.38 Å². The molecule has 4 rings (SSSR count). The molecule has 0 saturated carbocycles. The summed E-state index contributed by atoms with van der Waals surface area (Å²) in [5.74, 6) is -0.711. The minimum Gasteiger partial charge on any atom is -0.456 e. The molecule has 1 amide bonds. The third-order valence-electron chi connectivity index (χ3n) is 5.39. The number of aryl methyl sites for hydroxylation is 1. The number of benzene rings is 2. The van der Waals surface area contributed by atoms with Gasteiger partial charge < -0.3 is 20.5 Å². The van der Waals surface area contributed by atoms with Crippen molar-refractivity contribution >= 4 is 17.2 Å². The summed E-state index contributed by atoms with van der Waals surface area (Å²) in [4.78, 5) is 15.9. The van der Waals surface area contributed by atoms with Crippen molar-refractivity contribution in [2.24, 2.45) is 5.73 Å². The minimum atomic E-state index is -4.85. The highest BCUT2D eigenvalue weighted by Crippen LogP contribution is 2.33. The Labute approximate surface area is 211 Å². The maximum atomic E-state index is 12.7. The molecule has 0 aliphatic rings. The van der Waals surface area contributed by atoms with Gasteiger partial charge in [-0.2, -0.15) is 13.2 Å². The summed E-state index contributed by atoms with van der Waals surface area (Å²) < 4.78 is 86.7. The van der Waals surface area contributed by atoms with E-state index in [2.05, 4.69) is 15.0 Å². The van der Waals surface area contributed by atoms with E-state index < -0.39 is 37.2 Å². The molecule has 0 spiro atoms. The third-order valence-corrected chi connectivity index (χ3v) is 5.39. The fourth-order valence-corrected chi connectivity index (χ4v) is 3.75. The summed E-state index contributed by atoms with van der Waals surface area (Å²) in [7, 11) is 0. The molecular formula is C25H20F6N4O3. The molecule has 200 valence electrons. The van der Waals surface area contributed by atoms with E-state index >= 15 is 0 Å². The van der Waals surface area contributed by atoms with Crippen LogP contribution >= 0.6 is 0 Å². The SMILES string of the molecule is Cc1cc(-c2cnc3c(NCCC(F)(F)F)cc(Oc4ccc(OC(F)(F)F)cc4)cn23)ccc1C(N)=O. The van der Waals surface area contributed by atoms with Gasteiger partial charge in [-0.15, -0.1) is 13.2 Å². The monoisotopic (exact) mass is 538 g/mol. The number of aromatic nitrogens is 2. The molecule has 0 bridgehead atoms. The number of ether oxygens (including phenoxy) is 2. The number of rotatable bonds is 8. The summed E-state index contributed by atoms with van der Waals surface area (Å²) in [5.41, 5.74) is 8.05. The van der Waals surface area contributed by atoms with E-state index in [-0.39, 0.29) is 17.2 Å². The molecule has 0 aliphatic carbocycles. The van der Waals surface area contributed by atoms with Crippen molar-refractivity contribution in [2.75, 3.05) is 11.9 Å². The van der Waals surface area contributed by atoms with E-state index in [4.69, 9.17) is 10.5 Å². The van der Waals surface area contributed by atoms with E-state index in [9.17, 15) is 31.1 Å². The van der Waals surface area contributed by atoms with Gasteiger partial charge in [0.2, 0.25) is 5.91 Å². The number of nitrogens with one attached hydrogen (secondary N) is 1. The van der Waals surface area contributed by atoms with Crippen LogP contribution in [0.5, 0.6) is 17.2 Å². The molecule has 0 saturated heterocycles. The number of amides is 1. The molecule has 4 aromatic rings. The number of carbonyl (C=O) groups excluding carboxylic acids is 1. The number of anilines is 1. The summed E-state index contributed by atoms with van der Waals surface area (Å²) in [6, 6.07) is 11.0. The summed E-state index contributed by atoms with van der Waals surface area (Å²) in [5, 5.41) is 2.72. The Balaban J connectivity index is 1.71. The van der Waals surface area contributed by atoms with Crippen molar-refractivity contribution in [1.29, 1.82) is 0 Å². The second-order valence-corrected chi connectivity index (χ2v) is 8.23. The molecular weight excluding hydrogens is 518 g/mol. The first-order chi connectivity index (χ1) is 17.8. The zero-order valence-electron chi connectivity index (χ0n) is 19.7. The van der Waals surface area contributed by atoms with E-state index in [1.807, 2.05) is 0 Å². The molecule has 2 heterocycles. The number of carbonyl (C=O) groups is 1. The highest BCUT2D eigenvalue weighted by molar-refractivity contribution is 5.95. The Morgan fingerprint density at radius 1 is 1.00 bits per heavy atom. The van der Waals surface area contributed by atoms with Gasteiger partial charge in [0, 0.05) is 23.7 Å². The van der Waals surface area contributed by atoms with Gasteiger partial charge in [0.1, 0.15) is 17.2 Å². The van der Waals surface area contributed by atoms with Crippen LogP contribution in [0.4, 0.5) is 32.0 Å². The molecule has 7 nitrogen and oxygen atoms in total. The van der Waals surface area contributed by atoms with Crippen LogP contribution in [-0.2, 0) is 0 Å². The number of fused-ring (bicyclic) bond motifs is 1. The molecule has 0 atom stereocenters. The van der Waals surface area contributed by atoms with Crippen LogP contribution in [0.1, 0.15) is 22.3 Å². The summed E-state index contributed by atoms with van der Waals surface area (Å²) >= 11 is 0. The molecule has 13 heteroatoms. The van der Waals surface area contributed by atoms with Crippen molar-refractivity contribution in [3.05, 3.63) is 72.1 Å². The predicted molar refractivity (Wildman–Crippen MR) is 126 cm³/mol. The average Bonchev–Trinajstić information content (AvgIpc) is 3.22. The first-order valence-corrected chi connectivity index (χ1v) is 11.1. The van der Waals surface area contributed by atoms with Gasteiger partial charge in [0.15, 0.2) is 5.65 Å². The average molecular weight is 538 g/mol. The first-order valence-electron chi connectivity index (χ1n) is 11.1. The van der Waals surface area contributed by atoms with Gasteiger partial charge >= 0.3 is 12.5 Å². The number of nitrogens with zero attached hydrogens (tertiary/aromatic N) is 2. The molecule has 0 aliphatic heterocycles. The second-order valence-electron chi connectivity index (χ2n) is 8.23. The number of nitrogens with two attached hydrogens (primary N) is 1. The van der Waals surface area contributed by atoms with Gasteiger partial charge in [-0.1, -0.05) is 6.07 Å². The fraction of sp³-hybridized carbons (Fsp3) is 0.200.